The molecule has 1 unspecified atom stereocenters. The number of likely N-dealkylation sites (tertiary alicyclic amines) is 1. The van der Waals surface area contributed by atoms with Crippen LogP contribution in [-0.2, 0) is 4.79 Å². The lowest BCUT2D eigenvalue weighted by Gasteiger charge is -2.38. The molecule has 27 heavy (non-hydrogen) atoms. The molecule has 2 fully saturated rings. The van der Waals surface area contributed by atoms with Crippen LogP contribution >= 0.6 is 0 Å². The lowest BCUT2D eigenvalue weighted by atomic mass is 9.96. The SMILES string of the molecule is Cc1nc(-c2ccc(N3CCN(C(=O)C4CCCN(C)C4)CC3)nc2)no1. The minimum atomic E-state index is 0.158. The lowest BCUT2D eigenvalue weighted by molar-refractivity contribution is -0.137. The van der Waals surface area contributed by atoms with Crippen molar-refractivity contribution in [3.8, 4) is 11.4 Å². The number of hydrogen-bond acceptors (Lipinski definition) is 7. The molecule has 2 aliphatic rings. The van der Waals surface area contributed by atoms with Crippen molar-refractivity contribution in [1.29, 1.82) is 0 Å². The molecular formula is C19H26N6O2. The third kappa shape index (κ3) is 3.95. The fraction of sp³-hybridized carbons (Fsp3) is 0.579. The fourth-order valence-electron chi connectivity index (χ4n) is 3.90. The first-order valence-corrected chi connectivity index (χ1v) is 9.59. The van der Waals surface area contributed by atoms with E-state index in [1.54, 1.807) is 13.1 Å². The van der Waals surface area contributed by atoms with Gasteiger partial charge < -0.3 is 19.2 Å². The average Bonchev–Trinajstić information content (AvgIpc) is 3.14. The van der Waals surface area contributed by atoms with Crippen molar-refractivity contribution in [1.82, 2.24) is 24.9 Å². The first-order valence-electron chi connectivity index (χ1n) is 9.59. The van der Waals surface area contributed by atoms with E-state index >= 15 is 0 Å². The second-order valence-corrected chi connectivity index (χ2v) is 7.46. The molecule has 144 valence electrons. The molecule has 4 heterocycles. The van der Waals surface area contributed by atoms with Crippen molar-refractivity contribution < 1.29 is 9.32 Å². The minimum absolute atomic E-state index is 0.158. The van der Waals surface area contributed by atoms with Gasteiger partial charge >= 0.3 is 0 Å². The van der Waals surface area contributed by atoms with E-state index in [9.17, 15) is 4.79 Å². The van der Waals surface area contributed by atoms with Crippen molar-refractivity contribution in [3.63, 3.8) is 0 Å². The molecule has 8 heteroatoms. The number of rotatable bonds is 3. The highest BCUT2D eigenvalue weighted by Crippen LogP contribution is 2.22. The summed E-state index contributed by atoms with van der Waals surface area (Å²) in [5.74, 6) is 2.49. The van der Waals surface area contributed by atoms with Crippen LogP contribution in [0.5, 0.6) is 0 Å². The van der Waals surface area contributed by atoms with Crippen molar-refractivity contribution >= 4 is 11.7 Å². The Morgan fingerprint density at radius 3 is 2.63 bits per heavy atom. The Morgan fingerprint density at radius 1 is 1.19 bits per heavy atom. The molecule has 0 aromatic carbocycles. The number of anilines is 1. The normalized spacial score (nSPS) is 21.5. The van der Waals surface area contributed by atoms with Gasteiger partial charge in [-0.1, -0.05) is 5.16 Å². The maximum atomic E-state index is 12.8. The van der Waals surface area contributed by atoms with Crippen LogP contribution in [0.25, 0.3) is 11.4 Å². The standard InChI is InChI=1S/C19H26N6O2/c1-14-21-18(22-27-14)15-5-6-17(20-12-15)24-8-10-25(11-9-24)19(26)16-4-3-7-23(2)13-16/h5-6,12,16H,3-4,7-11,13H2,1-2H3. The third-order valence-corrected chi connectivity index (χ3v) is 5.42. The molecule has 2 aromatic heterocycles. The summed E-state index contributed by atoms with van der Waals surface area (Å²) in [6, 6.07) is 3.94. The van der Waals surface area contributed by atoms with E-state index in [4.69, 9.17) is 4.52 Å². The van der Waals surface area contributed by atoms with Crippen LogP contribution in [0.15, 0.2) is 22.9 Å². The van der Waals surface area contributed by atoms with E-state index in [2.05, 4.69) is 32.0 Å². The van der Waals surface area contributed by atoms with E-state index in [1.807, 2.05) is 17.0 Å². The number of carbonyl (C=O) groups excluding carboxylic acids is 1. The predicted octanol–water partition coefficient (Wildman–Crippen LogP) is 1.43. The Morgan fingerprint density at radius 2 is 2.00 bits per heavy atom. The maximum Gasteiger partial charge on any atom is 0.227 e. The first-order chi connectivity index (χ1) is 13.1. The molecule has 0 aliphatic carbocycles. The van der Waals surface area contributed by atoms with Gasteiger partial charge in [-0.05, 0) is 38.6 Å². The van der Waals surface area contributed by atoms with Gasteiger partial charge in [0.15, 0.2) is 0 Å². The van der Waals surface area contributed by atoms with E-state index in [0.717, 1.165) is 63.5 Å². The Kier molecular flexibility index (Phi) is 5.07. The van der Waals surface area contributed by atoms with Gasteiger partial charge in [-0.25, -0.2) is 4.98 Å². The molecule has 0 saturated carbocycles. The topological polar surface area (TPSA) is 78.6 Å². The molecule has 0 radical (unpaired) electrons. The van der Waals surface area contributed by atoms with Crippen LogP contribution in [0.4, 0.5) is 5.82 Å². The summed E-state index contributed by atoms with van der Waals surface area (Å²) in [6.07, 6.45) is 3.90. The Labute approximate surface area is 159 Å². The molecule has 4 rings (SSSR count). The van der Waals surface area contributed by atoms with Crippen LogP contribution in [-0.4, -0.2) is 77.1 Å². The zero-order chi connectivity index (χ0) is 18.8. The highest BCUT2D eigenvalue weighted by atomic mass is 16.5. The van der Waals surface area contributed by atoms with Gasteiger partial charge in [-0.3, -0.25) is 4.79 Å². The van der Waals surface area contributed by atoms with Crippen LogP contribution in [0.3, 0.4) is 0 Å². The zero-order valence-electron chi connectivity index (χ0n) is 16.0. The molecule has 2 aromatic rings. The molecule has 2 saturated heterocycles. The van der Waals surface area contributed by atoms with Crippen molar-refractivity contribution in [2.24, 2.45) is 5.92 Å². The minimum Gasteiger partial charge on any atom is -0.353 e. The van der Waals surface area contributed by atoms with E-state index in [0.29, 0.717) is 17.6 Å². The highest BCUT2D eigenvalue weighted by Gasteiger charge is 2.30. The first kappa shape index (κ1) is 17.9. The van der Waals surface area contributed by atoms with Gasteiger partial charge in [0.2, 0.25) is 17.6 Å². The molecule has 0 bridgehead atoms. The summed E-state index contributed by atoms with van der Waals surface area (Å²) in [5, 5.41) is 3.92. The van der Waals surface area contributed by atoms with Crippen molar-refractivity contribution in [2.75, 3.05) is 51.2 Å². The number of amides is 1. The summed E-state index contributed by atoms with van der Waals surface area (Å²) in [4.78, 5) is 28.1. The van der Waals surface area contributed by atoms with Gasteiger partial charge in [0.25, 0.3) is 0 Å². The monoisotopic (exact) mass is 370 g/mol. The number of piperidine rings is 1. The van der Waals surface area contributed by atoms with Gasteiger partial charge in [0.1, 0.15) is 5.82 Å². The zero-order valence-corrected chi connectivity index (χ0v) is 16.0. The lowest BCUT2D eigenvalue weighted by Crippen LogP contribution is -2.52. The van der Waals surface area contributed by atoms with Crippen LogP contribution in [0.1, 0.15) is 18.7 Å². The smallest absolute Gasteiger partial charge is 0.227 e. The highest BCUT2D eigenvalue weighted by molar-refractivity contribution is 5.79. The summed E-state index contributed by atoms with van der Waals surface area (Å²) >= 11 is 0. The molecule has 0 spiro atoms. The van der Waals surface area contributed by atoms with Gasteiger partial charge in [0.05, 0.1) is 5.92 Å². The van der Waals surface area contributed by atoms with Crippen molar-refractivity contribution in [3.05, 3.63) is 24.2 Å². The quantitative estimate of drug-likeness (QED) is 0.809. The Hall–Kier alpha value is -2.48. The molecule has 1 amide bonds. The van der Waals surface area contributed by atoms with Crippen LogP contribution in [0, 0.1) is 12.8 Å². The molecule has 0 N–H and O–H groups in total. The van der Waals surface area contributed by atoms with E-state index in [-0.39, 0.29) is 5.92 Å². The number of carbonyl (C=O) groups is 1. The van der Waals surface area contributed by atoms with Crippen LogP contribution < -0.4 is 4.90 Å². The summed E-state index contributed by atoms with van der Waals surface area (Å²) in [7, 11) is 2.10. The fourth-order valence-corrected chi connectivity index (χ4v) is 3.90. The Balaban J connectivity index is 1.34. The predicted molar refractivity (Wildman–Crippen MR) is 101 cm³/mol. The average molecular weight is 370 g/mol. The molecular weight excluding hydrogens is 344 g/mol. The number of piperazine rings is 1. The van der Waals surface area contributed by atoms with Crippen molar-refractivity contribution in [2.45, 2.75) is 19.8 Å². The summed E-state index contributed by atoms with van der Waals surface area (Å²) < 4.78 is 5.02. The number of aromatic nitrogens is 3. The number of pyridine rings is 1. The molecule has 8 nitrogen and oxygen atoms in total. The third-order valence-electron chi connectivity index (χ3n) is 5.42. The van der Waals surface area contributed by atoms with Gasteiger partial charge in [-0.2, -0.15) is 4.98 Å². The molecule has 2 aliphatic heterocycles. The molecule has 1 atom stereocenters. The van der Waals surface area contributed by atoms with E-state index < -0.39 is 0 Å². The summed E-state index contributed by atoms with van der Waals surface area (Å²) in [5.41, 5.74) is 0.839. The second-order valence-electron chi connectivity index (χ2n) is 7.46. The number of nitrogens with zero attached hydrogens (tertiary/aromatic N) is 6. The Bertz CT molecular complexity index is 782. The maximum absolute atomic E-state index is 12.8. The largest absolute Gasteiger partial charge is 0.353 e. The van der Waals surface area contributed by atoms with Gasteiger partial charge in [-0.15, -0.1) is 0 Å². The van der Waals surface area contributed by atoms with E-state index in [1.165, 1.54) is 0 Å². The van der Waals surface area contributed by atoms with Crippen LogP contribution in [0.2, 0.25) is 0 Å². The number of hydrogen-bond donors (Lipinski definition) is 0. The second kappa shape index (κ2) is 7.64. The number of aryl methyl sites for hydroxylation is 1. The van der Waals surface area contributed by atoms with Gasteiger partial charge in [0, 0.05) is 51.4 Å². The summed E-state index contributed by atoms with van der Waals surface area (Å²) in [6.45, 7) is 6.88.